The number of unbranched alkanes of at least 4 members (excludes halogenated alkanes) is 5. The molecule has 0 fully saturated rings. The van der Waals surface area contributed by atoms with E-state index in [0.29, 0.717) is 5.88 Å². The fourth-order valence-corrected chi connectivity index (χ4v) is 2.00. The standard InChI is InChI=1S/C13H24ClN3/c1-2-3-4-5-6-7-11-17-12-13(15-16-17)9-8-10-14/h12H,2-11H2,1H3. The van der Waals surface area contributed by atoms with Gasteiger partial charge in [-0.3, -0.25) is 4.68 Å². The predicted octanol–water partition coefficient (Wildman–Crippen LogP) is 3.81. The van der Waals surface area contributed by atoms with E-state index in [1.165, 1.54) is 38.5 Å². The van der Waals surface area contributed by atoms with E-state index in [2.05, 4.69) is 23.4 Å². The lowest BCUT2D eigenvalue weighted by molar-refractivity contribution is 0.516. The molecule has 98 valence electrons. The van der Waals surface area contributed by atoms with Crippen molar-refractivity contribution in [2.75, 3.05) is 5.88 Å². The largest absolute Gasteiger partial charge is 0.252 e. The molecule has 4 heteroatoms. The second-order valence-corrected chi connectivity index (χ2v) is 4.91. The molecule has 0 saturated carbocycles. The summed E-state index contributed by atoms with van der Waals surface area (Å²) in [5, 5.41) is 8.26. The fourth-order valence-electron chi connectivity index (χ4n) is 1.86. The van der Waals surface area contributed by atoms with Crippen LogP contribution in [0.4, 0.5) is 0 Å². The molecule has 0 N–H and O–H groups in total. The summed E-state index contributed by atoms with van der Waals surface area (Å²) in [4.78, 5) is 0. The number of aryl methyl sites for hydroxylation is 2. The zero-order chi connectivity index (χ0) is 12.3. The van der Waals surface area contributed by atoms with Crippen LogP contribution in [0.25, 0.3) is 0 Å². The van der Waals surface area contributed by atoms with E-state index < -0.39 is 0 Å². The molecule has 0 aromatic carbocycles. The minimum Gasteiger partial charge on any atom is -0.252 e. The van der Waals surface area contributed by atoms with Crippen LogP contribution in [0.1, 0.15) is 57.6 Å². The van der Waals surface area contributed by atoms with Crippen molar-refractivity contribution >= 4 is 11.6 Å². The fraction of sp³-hybridized carbons (Fsp3) is 0.846. The first kappa shape index (κ1) is 14.5. The molecule has 3 nitrogen and oxygen atoms in total. The van der Waals surface area contributed by atoms with Gasteiger partial charge in [-0.2, -0.15) is 0 Å². The van der Waals surface area contributed by atoms with Gasteiger partial charge in [-0.25, -0.2) is 0 Å². The highest BCUT2D eigenvalue weighted by Gasteiger charge is 2.00. The molecule has 0 saturated heterocycles. The van der Waals surface area contributed by atoms with Crippen molar-refractivity contribution < 1.29 is 0 Å². The smallest absolute Gasteiger partial charge is 0.0827 e. The number of hydrogen-bond acceptors (Lipinski definition) is 2. The highest BCUT2D eigenvalue weighted by atomic mass is 35.5. The van der Waals surface area contributed by atoms with E-state index in [1.54, 1.807) is 0 Å². The Labute approximate surface area is 110 Å². The Hall–Kier alpha value is -0.570. The molecule has 0 bridgehead atoms. The molecule has 0 aliphatic carbocycles. The first-order valence-electron chi connectivity index (χ1n) is 6.81. The van der Waals surface area contributed by atoms with Crippen molar-refractivity contribution in [2.45, 2.75) is 64.8 Å². The van der Waals surface area contributed by atoms with Crippen molar-refractivity contribution in [3.63, 3.8) is 0 Å². The predicted molar refractivity (Wildman–Crippen MR) is 72.4 cm³/mol. The van der Waals surface area contributed by atoms with Crippen LogP contribution in [-0.4, -0.2) is 20.9 Å². The molecular formula is C13H24ClN3. The van der Waals surface area contributed by atoms with Gasteiger partial charge in [-0.1, -0.05) is 44.2 Å². The molecule has 0 aliphatic heterocycles. The summed E-state index contributed by atoms with van der Waals surface area (Å²) in [7, 11) is 0. The SMILES string of the molecule is CCCCCCCCn1cc(CCCCl)nn1. The lowest BCUT2D eigenvalue weighted by Crippen LogP contribution is -1.98. The van der Waals surface area contributed by atoms with Crippen LogP contribution < -0.4 is 0 Å². The monoisotopic (exact) mass is 257 g/mol. The maximum atomic E-state index is 5.65. The van der Waals surface area contributed by atoms with E-state index in [4.69, 9.17) is 11.6 Å². The Morgan fingerprint density at radius 1 is 1.12 bits per heavy atom. The number of hydrogen-bond donors (Lipinski definition) is 0. The van der Waals surface area contributed by atoms with Gasteiger partial charge in [0.15, 0.2) is 0 Å². The van der Waals surface area contributed by atoms with Gasteiger partial charge in [0.2, 0.25) is 0 Å². The topological polar surface area (TPSA) is 30.7 Å². The summed E-state index contributed by atoms with van der Waals surface area (Å²) in [6.45, 7) is 3.25. The molecule has 0 spiro atoms. The van der Waals surface area contributed by atoms with Crippen LogP contribution in [0.3, 0.4) is 0 Å². The van der Waals surface area contributed by atoms with Crippen molar-refractivity contribution in [3.05, 3.63) is 11.9 Å². The highest BCUT2D eigenvalue weighted by molar-refractivity contribution is 6.17. The summed E-state index contributed by atoms with van der Waals surface area (Å²) < 4.78 is 1.96. The Balaban J connectivity index is 2.08. The van der Waals surface area contributed by atoms with Gasteiger partial charge in [0.25, 0.3) is 0 Å². The molecule has 0 amide bonds. The van der Waals surface area contributed by atoms with Crippen LogP contribution in [0.2, 0.25) is 0 Å². The first-order valence-corrected chi connectivity index (χ1v) is 7.35. The number of aromatic nitrogens is 3. The number of halogens is 1. The molecule has 0 aliphatic rings. The van der Waals surface area contributed by atoms with E-state index in [-0.39, 0.29) is 0 Å². The van der Waals surface area contributed by atoms with Crippen LogP contribution >= 0.6 is 11.6 Å². The minimum absolute atomic E-state index is 0.699. The molecular weight excluding hydrogens is 234 g/mol. The quantitative estimate of drug-likeness (QED) is 0.471. The van der Waals surface area contributed by atoms with E-state index in [0.717, 1.165) is 25.1 Å². The van der Waals surface area contributed by atoms with Crippen molar-refractivity contribution in [1.29, 1.82) is 0 Å². The van der Waals surface area contributed by atoms with Crippen molar-refractivity contribution in [2.24, 2.45) is 0 Å². The second kappa shape index (κ2) is 9.46. The Morgan fingerprint density at radius 3 is 2.65 bits per heavy atom. The zero-order valence-electron chi connectivity index (χ0n) is 10.9. The third-order valence-corrected chi connectivity index (χ3v) is 3.16. The molecule has 1 aromatic heterocycles. The third kappa shape index (κ3) is 6.67. The maximum absolute atomic E-state index is 5.65. The summed E-state index contributed by atoms with van der Waals surface area (Å²) in [5.41, 5.74) is 1.07. The van der Waals surface area contributed by atoms with Gasteiger partial charge in [-0.05, 0) is 19.3 Å². The van der Waals surface area contributed by atoms with Gasteiger partial charge in [0.05, 0.1) is 5.69 Å². The summed E-state index contributed by atoms with van der Waals surface area (Å²) >= 11 is 5.65. The van der Waals surface area contributed by atoms with Gasteiger partial charge in [-0.15, -0.1) is 16.7 Å². The van der Waals surface area contributed by atoms with Crippen LogP contribution in [0, 0.1) is 0 Å². The number of rotatable bonds is 10. The normalized spacial score (nSPS) is 10.9. The molecule has 0 radical (unpaired) electrons. The Kier molecular flexibility index (Phi) is 8.06. The van der Waals surface area contributed by atoms with E-state index in [1.807, 2.05) is 4.68 Å². The molecule has 1 heterocycles. The van der Waals surface area contributed by atoms with Gasteiger partial charge in [0.1, 0.15) is 0 Å². The molecule has 1 rings (SSSR count). The molecule has 0 atom stereocenters. The Morgan fingerprint density at radius 2 is 1.88 bits per heavy atom. The number of nitrogens with zero attached hydrogens (tertiary/aromatic N) is 3. The van der Waals surface area contributed by atoms with Crippen LogP contribution in [-0.2, 0) is 13.0 Å². The summed E-state index contributed by atoms with van der Waals surface area (Å²) in [5.74, 6) is 0.699. The summed E-state index contributed by atoms with van der Waals surface area (Å²) in [6.07, 6.45) is 11.9. The second-order valence-electron chi connectivity index (χ2n) is 4.53. The third-order valence-electron chi connectivity index (χ3n) is 2.89. The van der Waals surface area contributed by atoms with Crippen LogP contribution in [0.15, 0.2) is 6.20 Å². The highest BCUT2D eigenvalue weighted by Crippen LogP contribution is 2.06. The van der Waals surface area contributed by atoms with Gasteiger partial charge in [0, 0.05) is 18.6 Å². The lowest BCUT2D eigenvalue weighted by atomic mass is 10.1. The summed E-state index contributed by atoms with van der Waals surface area (Å²) in [6, 6.07) is 0. The van der Waals surface area contributed by atoms with E-state index >= 15 is 0 Å². The van der Waals surface area contributed by atoms with Crippen LogP contribution in [0.5, 0.6) is 0 Å². The number of alkyl halides is 1. The first-order chi connectivity index (χ1) is 8.36. The lowest BCUT2D eigenvalue weighted by Gasteiger charge is -2.00. The van der Waals surface area contributed by atoms with Crippen molar-refractivity contribution in [3.8, 4) is 0 Å². The molecule has 17 heavy (non-hydrogen) atoms. The molecule has 0 unspecified atom stereocenters. The maximum Gasteiger partial charge on any atom is 0.0827 e. The van der Waals surface area contributed by atoms with Crippen molar-refractivity contribution in [1.82, 2.24) is 15.0 Å². The Bertz CT molecular complexity index is 286. The van der Waals surface area contributed by atoms with E-state index in [9.17, 15) is 0 Å². The minimum atomic E-state index is 0.699. The zero-order valence-corrected chi connectivity index (χ0v) is 11.6. The van der Waals surface area contributed by atoms with Gasteiger partial charge < -0.3 is 0 Å². The average Bonchev–Trinajstić information content (AvgIpc) is 2.79. The average molecular weight is 258 g/mol. The van der Waals surface area contributed by atoms with Gasteiger partial charge >= 0.3 is 0 Å². The molecule has 1 aromatic rings.